The molecular weight excluding hydrogens is 516 g/mol. The fraction of sp³-hybridized carbons (Fsp3) is 0.133. The van der Waals surface area contributed by atoms with Crippen LogP contribution in [0.25, 0.3) is 22.2 Å². The van der Waals surface area contributed by atoms with E-state index in [1.165, 1.54) is 8.28 Å². The average Bonchev–Trinajstić information content (AvgIpc) is 3.26. The highest BCUT2D eigenvalue weighted by Gasteiger charge is 2.36. The topological polar surface area (TPSA) is 76.5 Å². The quantitative estimate of drug-likeness (QED) is 0.277. The lowest BCUT2D eigenvalue weighted by Crippen LogP contribution is -2.35. The van der Waals surface area contributed by atoms with Gasteiger partial charge in [-0.25, -0.2) is 20.8 Å². The number of sulfonamides is 1. The van der Waals surface area contributed by atoms with Crippen LogP contribution in [0.15, 0.2) is 107 Å². The van der Waals surface area contributed by atoms with Gasteiger partial charge in [-0.1, -0.05) is 71.8 Å². The maximum absolute atomic E-state index is 14.2. The van der Waals surface area contributed by atoms with Crippen molar-refractivity contribution in [1.82, 2.24) is 3.97 Å². The molecule has 0 spiro atoms. The molecule has 0 radical (unpaired) electrons. The second-order valence-electron chi connectivity index (χ2n) is 9.59. The Balaban J connectivity index is 1.65. The van der Waals surface area contributed by atoms with Crippen molar-refractivity contribution in [3.63, 3.8) is 0 Å². The summed E-state index contributed by atoms with van der Waals surface area (Å²) in [5, 5.41) is 0.643. The summed E-state index contributed by atoms with van der Waals surface area (Å²) in [6.45, 7) is 4.02. The summed E-state index contributed by atoms with van der Waals surface area (Å²) in [6, 6.07) is 28.2. The maximum Gasteiger partial charge on any atom is 0.268 e. The molecule has 6 rings (SSSR count). The van der Waals surface area contributed by atoms with Gasteiger partial charge in [0.1, 0.15) is 0 Å². The highest BCUT2D eigenvalue weighted by atomic mass is 32.2. The molecule has 0 N–H and O–H groups in total. The monoisotopic (exact) mass is 542 g/mol. The van der Waals surface area contributed by atoms with E-state index in [-0.39, 0.29) is 16.3 Å². The highest BCUT2D eigenvalue weighted by Crippen LogP contribution is 2.45. The van der Waals surface area contributed by atoms with Gasteiger partial charge in [-0.2, -0.15) is 0 Å². The zero-order valence-electron chi connectivity index (χ0n) is 21.0. The van der Waals surface area contributed by atoms with Crippen LogP contribution in [-0.2, 0) is 26.5 Å². The van der Waals surface area contributed by atoms with E-state index in [1.54, 1.807) is 66.7 Å². The van der Waals surface area contributed by atoms with Crippen molar-refractivity contribution in [1.29, 1.82) is 0 Å². The van der Waals surface area contributed by atoms with Crippen LogP contribution >= 0.6 is 0 Å². The van der Waals surface area contributed by atoms with Crippen LogP contribution in [0.2, 0.25) is 0 Å². The normalized spacial score (nSPS) is 13.7. The Morgan fingerprint density at radius 3 is 1.82 bits per heavy atom. The molecule has 0 saturated heterocycles. The summed E-state index contributed by atoms with van der Waals surface area (Å²) in [5.74, 6) is 0. The number of hydrogen-bond acceptors (Lipinski definition) is 4. The summed E-state index contributed by atoms with van der Waals surface area (Å²) in [5.41, 5.74) is 5.03. The lowest BCUT2D eigenvalue weighted by molar-refractivity contribution is 0.587. The Labute approximate surface area is 222 Å². The zero-order valence-corrected chi connectivity index (χ0v) is 22.6. The van der Waals surface area contributed by atoms with Gasteiger partial charge < -0.3 is 0 Å². The van der Waals surface area contributed by atoms with E-state index >= 15 is 0 Å². The van der Waals surface area contributed by atoms with Gasteiger partial charge in [-0.05, 0) is 67.8 Å². The zero-order chi connectivity index (χ0) is 26.7. The van der Waals surface area contributed by atoms with E-state index in [1.807, 2.05) is 44.2 Å². The maximum atomic E-state index is 14.2. The van der Waals surface area contributed by atoms with Crippen molar-refractivity contribution in [2.24, 2.45) is 0 Å². The van der Waals surface area contributed by atoms with Gasteiger partial charge in [0, 0.05) is 11.9 Å². The van der Waals surface area contributed by atoms with Crippen LogP contribution in [0.3, 0.4) is 0 Å². The molecule has 0 amide bonds. The minimum Gasteiger partial charge on any atom is -0.265 e. The fourth-order valence-corrected chi connectivity index (χ4v) is 8.23. The molecule has 0 unspecified atom stereocenters. The number of rotatable bonds is 5. The second kappa shape index (κ2) is 8.85. The minimum absolute atomic E-state index is 0.178. The van der Waals surface area contributed by atoms with E-state index in [2.05, 4.69) is 0 Å². The Morgan fingerprint density at radius 1 is 0.632 bits per heavy atom. The first-order valence-electron chi connectivity index (χ1n) is 12.3. The molecule has 38 heavy (non-hydrogen) atoms. The molecule has 6 nitrogen and oxygen atoms in total. The Kier molecular flexibility index (Phi) is 5.70. The highest BCUT2D eigenvalue weighted by molar-refractivity contribution is 7.93. The molecule has 1 aromatic heterocycles. The van der Waals surface area contributed by atoms with Crippen molar-refractivity contribution in [2.75, 3.05) is 10.8 Å². The molecule has 0 bridgehead atoms. The van der Waals surface area contributed by atoms with E-state index in [9.17, 15) is 16.8 Å². The summed E-state index contributed by atoms with van der Waals surface area (Å²) < 4.78 is 58.7. The van der Waals surface area contributed by atoms with Crippen LogP contribution in [0, 0.1) is 13.8 Å². The molecule has 1 aliphatic rings. The number of aryl methyl sites for hydroxylation is 2. The van der Waals surface area contributed by atoms with Crippen molar-refractivity contribution < 1.29 is 16.8 Å². The van der Waals surface area contributed by atoms with Gasteiger partial charge in [0.15, 0.2) is 0 Å². The Morgan fingerprint density at radius 2 is 1.21 bits per heavy atom. The lowest BCUT2D eigenvalue weighted by Gasteiger charge is -2.29. The number of aromatic nitrogens is 1. The molecule has 2 heterocycles. The van der Waals surface area contributed by atoms with Crippen LogP contribution in [0.5, 0.6) is 0 Å². The van der Waals surface area contributed by atoms with E-state index in [4.69, 9.17) is 0 Å². The molecule has 8 heteroatoms. The summed E-state index contributed by atoms with van der Waals surface area (Å²) in [4.78, 5) is 0.385. The van der Waals surface area contributed by atoms with Crippen molar-refractivity contribution in [2.45, 2.75) is 30.1 Å². The molecule has 192 valence electrons. The lowest BCUT2D eigenvalue weighted by atomic mass is 9.99. The molecule has 0 aliphatic carbocycles. The Hall–Kier alpha value is -3.88. The van der Waals surface area contributed by atoms with Gasteiger partial charge in [0.25, 0.3) is 20.0 Å². The molecule has 0 saturated carbocycles. The first kappa shape index (κ1) is 24.5. The van der Waals surface area contributed by atoms with Crippen molar-refractivity contribution >= 4 is 36.6 Å². The van der Waals surface area contributed by atoms with Crippen molar-refractivity contribution in [3.05, 3.63) is 114 Å². The van der Waals surface area contributed by atoms with Gasteiger partial charge in [0.05, 0.1) is 26.7 Å². The third-order valence-electron chi connectivity index (χ3n) is 7.08. The standard InChI is InChI=1S/C30H26N2O4S2/c1-21-11-15-24(16-12-21)37(33,34)31-20-19-26-29-27(31)9-6-10-28(29)32(30(26)23-7-4-3-5-8-23)38(35,36)25-17-13-22(2)14-18-25/h3-18H,19-20H2,1-2H3. The minimum atomic E-state index is -4.00. The molecular formula is C30H26N2O4S2. The average molecular weight is 543 g/mol. The van der Waals surface area contributed by atoms with E-state index in [0.717, 1.165) is 22.3 Å². The molecule has 0 fully saturated rings. The fourth-order valence-electron chi connectivity index (χ4n) is 5.19. The SMILES string of the molecule is Cc1ccc(S(=O)(=O)N2CCc3c(-c4ccccc4)n(S(=O)(=O)c4ccc(C)cc4)c4cccc2c34)cc1. The summed E-state index contributed by atoms with van der Waals surface area (Å²) in [7, 11) is -7.85. The van der Waals surface area contributed by atoms with Crippen molar-refractivity contribution in [3.8, 4) is 11.3 Å². The molecule has 5 aromatic rings. The van der Waals surface area contributed by atoms with Gasteiger partial charge in [-0.15, -0.1) is 0 Å². The number of nitrogens with zero attached hydrogens (tertiary/aromatic N) is 2. The van der Waals surface area contributed by atoms with Gasteiger partial charge in [-0.3, -0.25) is 4.31 Å². The molecule has 1 aliphatic heterocycles. The first-order valence-corrected chi connectivity index (χ1v) is 15.2. The first-order chi connectivity index (χ1) is 18.2. The van der Waals surface area contributed by atoms with Crippen LogP contribution in [0.1, 0.15) is 16.7 Å². The van der Waals surface area contributed by atoms with Crippen LogP contribution in [-0.4, -0.2) is 27.4 Å². The number of benzene rings is 4. The number of anilines is 1. The third kappa shape index (κ3) is 3.75. The predicted octanol–water partition coefficient (Wildman–Crippen LogP) is 5.91. The second-order valence-corrected chi connectivity index (χ2v) is 13.2. The summed E-state index contributed by atoms with van der Waals surface area (Å²) in [6.07, 6.45) is 0.374. The summed E-state index contributed by atoms with van der Waals surface area (Å²) >= 11 is 0. The van der Waals surface area contributed by atoms with E-state index in [0.29, 0.717) is 28.7 Å². The van der Waals surface area contributed by atoms with Crippen LogP contribution in [0.4, 0.5) is 5.69 Å². The smallest absolute Gasteiger partial charge is 0.265 e. The largest absolute Gasteiger partial charge is 0.268 e. The molecule has 0 atom stereocenters. The van der Waals surface area contributed by atoms with Crippen LogP contribution < -0.4 is 4.31 Å². The van der Waals surface area contributed by atoms with Gasteiger partial charge in [0.2, 0.25) is 0 Å². The Bertz CT molecular complexity index is 1890. The number of hydrogen-bond donors (Lipinski definition) is 0. The van der Waals surface area contributed by atoms with E-state index < -0.39 is 20.0 Å². The predicted molar refractivity (Wildman–Crippen MR) is 151 cm³/mol. The van der Waals surface area contributed by atoms with Gasteiger partial charge >= 0.3 is 0 Å². The molecule has 4 aromatic carbocycles. The third-order valence-corrected chi connectivity index (χ3v) is 10.6.